The van der Waals surface area contributed by atoms with Crippen LogP contribution in [0.15, 0.2) is 71.8 Å². The summed E-state index contributed by atoms with van der Waals surface area (Å²) in [6.45, 7) is 7.19. The molecular weight excluding hydrogens is 316 g/mol. The third kappa shape index (κ3) is 1.74. The predicted octanol–water partition coefficient (Wildman–Crippen LogP) is 5.93. The average Bonchev–Trinajstić information content (AvgIpc) is 3.14. The van der Waals surface area contributed by atoms with E-state index >= 15 is 0 Å². The summed E-state index contributed by atoms with van der Waals surface area (Å²) in [6.07, 6.45) is 2.36. The summed E-state index contributed by atoms with van der Waals surface area (Å²) in [5, 5.41) is 0. The summed E-state index contributed by atoms with van der Waals surface area (Å²) < 4.78 is 0. The molecule has 0 N–H and O–H groups in total. The Morgan fingerprint density at radius 3 is 1.92 bits per heavy atom. The zero-order valence-corrected chi connectivity index (χ0v) is 15.7. The number of hydrogen-bond acceptors (Lipinski definition) is 1. The van der Waals surface area contributed by atoms with Gasteiger partial charge in [-0.15, -0.1) is 0 Å². The second-order valence-electron chi connectivity index (χ2n) is 8.74. The summed E-state index contributed by atoms with van der Waals surface area (Å²) in [4.78, 5) is 13.7. The molecule has 130 valence electrons. The highest BCUT2D eigenvalue weighted by Crippen LogP contribution is 2.74. The van der Waals surface area contributed by atoms with E-state index in [1.165, 1.54) is 24.0 Å². The maximum Gasteiger partial charge on any atom is 0.194 e. The molecule has 2 saturated carbocycles. The standard InChI is InChI=1S/C25H24O/c1-24(2)18-14-15-25(24,3)22-20(17-12-8-5-9-13-17)23(26)19(21(18)22)16-10-6-4-7-11-16/h4-13,18H,14-15H2,1-3H3. The van der Waals surface area contributed by atoms with Gasteiger partial charge in [0, 0.05) is 11.1 Å². The molecule has 2 fully saturated rings. The predicted molar refractivity (Wildman–Crippen MR) is 106 cm³/mol. The third-order valence-electron chi connectivity index (χ3n) is 7.49. The Kier molecular flexibility index (Phi) is 3.08. The summed E-state index contributed by atoms with van der Waals surface area (Å²) in [6, 6.07) is 20.6. The summed E-state index contributed by atoms with van der Waals surface area (Å²) in [5.74, 6) is 0.698. The first kappa shape index (κ1) is 15.8. The van der Waals surface area contributed by atoms with Gasteiger partial charge in [0.25, 0.3) is 0 Å². The molecule has 2 aromatic carbocycles. The molecule has 0 aliphatic heterocycles. The highest BCUT2D eigenvalue weighted by atomic mass is 16.1. The molecule has 0 saturated heterocycles. The Morgan fingerprint density at radius 2 is 1.35 bits per heavy atom. The van der Waals surface area contributed by atoms with Crippen molar-refractivity contribution in [3.8, 4) is 0 Å². The van der Waals surface area contributed by atoms with Crippen molar-refractivity contribution in [2.24, 2.45) is 16.7 Å². The SMILES string of the molecule is CC12CCC(C3=C(c4ccccc4)C(=O)C(c4ccccc4)=C31)C2(C)C. The van der Waals surface area contributed by atoms with E-state index in [9.17, 15) is 4.79 Å². The molecule has 3 aliphatic carbocycles. The summed E-state index contributed by atoms with van der Waals surface area (Å²) >= 11 is 0. The van der Waals surface area contributed by atoms with Gasteiger partial charge in [0.05, 0.1) is 0 Å². The molecule has 0 radical (unpaired) electrons. The Labute approximate surface area is 155 Å². The number of hydrogen-bond donors (Lipinski definition) is 0. The summed E-state index contributed by atoms with van der Waals surface area (Å²) in [5.41, 5.74) is 7.01. The average molecular weight is 340 g/mol. The van der Waals surface area contributed by atoms with Gasteiger partial charge in [-0.1, -0.05) is 81.4 Å². The largest absolute Gasteiger partial charge is 0.289 e. The number of allylic oxidation sites excluding steroid dienone is 4. The van der Waals surface area contributed by atoms with Crippen LogP contribution in [-0.2, 0) is 4.79 Å². The second-order valence-corrected chi connectivity index (χ2v) is 8.74. The van der Waals surface area contributed by atoms with Gasteiger partial charge in [0.15, 0.2) is 5.78 Å². The van der Waals surface area contributed by atoms with Gasteiger partial charge in [-0.3, -0.25) is 4.79 Å². The highest BCUT2D eigenvalue weighted by molar-refractivity contribution is 6.47. The van der Waals surface area contributed by atoms with Crippen LogP contribution in [0.2, 0.25) is 0 Å². The van der Waals surface area contributed by atoms with Gasteiger partial charge < -0.3 is 0 Å². The van der Waals surface area contributed by atoms with E-state index in [-0.39, 0.29) is 16.6 Å². The van der Waals surface area contributed by atoms with E-state index < -0.39 is 0 Å². The first-order chi connectivity index (χ1) is 12.5. The molecule has 0 heterocycles. The number of carbonyl (C=O) groups excluding carboxylic acids is 1. The van der Waals surface area contributed by atoms with Crippen LogP contribution in [0.25, 0.3) is 11.1 Å². The zero-order valence-electron chi connectivity index (χ0n) is 15.7. The van der Waals surface area contributed by atoms with E-state index in [0.29, 0.717) is 5.92 Å². The van der Waals surface area contributed by atoms with Crippen LogP contribution in [0, 0.1) is 16.7 Å². The Hall–Kier alpha value is -2.41. The molecule has 0 amide bonds. The Morgan fingerprint density at radius 1 is 0.808 bits per heavy atom. The van der Waals surface area contributed by atoms with Crippen LogP contribution >= 0.6 is 0 Å². The topological polar surface area (TPSA) is 17.1 Å². The number of rotatable bonds is 2. The Balaban J connectivity index is 1.84. The molecule has 3 aliphatic rings. The van der Waals surface area contributed by atoms with Crippen LogP contribution < -0.4 is 0 Å². The lowest BCUT2D eigenvalue weighted by molar-refractivity contribution is -0.108. The van der Waals surface area contributed by atoms with Crippen molar-refractivity contribution in [3.05, 3.63) is 82.9 Å². The lowest BCUT2D eigenvalue weighted by atomic mass is 9.68. The van der Waals surface area contributed by atoms with Gasteiger partial charge in [-0.05, 0) is 51.9 Å². The monoisotopic (exact) mass is 340 g/mol. The maximum absolute atomic E-state index is 13.7. The minimum absolute atomic E-state index is 0.0738. The van der Waals surface area contributed by atoms with Gasteiger partial charge >= 0.3 is 0 Å². The number of benzene rings is 2. The number of carbonyl (C=O) groups is 1. The van der Waals surface area contributed by atoms with Crippen LogP contribution in [-0.4, -0.2) is 5.78 Å². The summed E-state index contributed by atoms with van der Waals surface area (Å²) in [7, 11) is 0. The lowest BCUT2D eigenvalue weighted by Crippen LogP contribution is -2.29. The van der Waals surface area contributed by atoms with Crippen molar-refractivity contribution in [2.75, 3.05) is 0 Å². The number of fused-ring (bicyclic) bond motifs is 5. The quantitative estimate of drug-likeness (QED) is 0.662. The van der Waals surface area contributed by atoms with E-state index in [1.54, 1.807) is 0 Å². The number of Topliss-reactive ketones (excluding diaryl/α,β-unsaturated/α-hetero) is 1. The molecule has 1 heteroatoms. The fourth-order valence-electron chi connectivity index (χ4n) is 5.77. The highest BCUT2D eigenvalue weighted by Gasteiger charge is 2.65. The van der Waals surface area contributed by atoms with Crippen LogP contribution in [0.5, 0.6) is 0 Å². The van der Waals surface area contributed by atoms with Crippen molar-refractivity contribution < 1.29 is 4.79 Å². The molecule has 0 aromatic heterocycles. The van der Waals surface area contributed by atoms with E-state index in [2.05, 4.69) is 45.0 Å². The fraction of sp³-hybridized carbons (Fsp3) is 0.320. The minimum atomic E-state index is 0.0738. The zero-order chi connectivity index (χ0) is 18.1. The molecular formula is C25H24O. The second kappa shape index (κ2) is 5.07. The van der Waals surface area contributed by atoms with Crippen molar-refractivity contribution in [2.45, 2.75) is 33.6 Å². The molecule has 2 atom stereocenters. The van der Waals surface area contributed by atoms with Crippen molar-refractivity contribution >= 4 is 16.9 Å². The first-order valence-electron chi connectivity index (χ1n) is 9.61. The smallest absolute Gasteiger partial charge is 0.194 e. The van der Waals surface area contributed by atoms with E-state index in [0.717, 1.165) is 22.3 Å². The first-order valence-corrected chi connectivity index (χ1v) is 9.61. The molecule has 5 rings (SSSR count). The lowest BCUT2D eigenvalue weighted by Gasteiger charge is -2.35. The van der Waals surface area contributed by atoms with Gasteiger partial charge in [-0.2, -0.15) is 0 Å². The molecule has 0 spiro atoms. The Bertz CT molecular complexity index is 975. The molecule has 1 nitrogen and oxygen atoms in total. The van der Waals surface area contributed by atoms with Crippen LogP contribution in [0.4, 0.5) is 0 Å². The maximum atomic E-state index is 13.7. The molecule has 26 heavy (non-hydrogen) atoms. The van der Waals surface area contributed by atoms with E-state index in [1.807, 2.05) is 36.4 Å². The molecule has 2 unspecified atom stereocenters. The molecule has 2 aromatic rings. The van der Waals surface area contributed by atoms with Gasteiger partial charge in [-0.25, -0.2) is 0 Å². The minimum Gasteiger partial charge on any atom is -0.289 e. The van der Waals surface area contributed by atoms with Crippen molar-refractivity contribution in [1.29, 1.82) is 0 Å². The van der Waals surface area contributed by atoms with Gasteiger partial charge in [0.1, 0.15) is 0 Å². The van der Waals surface area contributed by atoms with Gasteiger partial charge in [0.2, 0.25) is 0 Å². The third-order valence-corrected chi connectivity index (χ3v) is 7.49. The van der Waals surface area contributed by atoms with Crippen LogP contribution in [0.3, 0.4) is 0 Å². The normalized spacial score (nSPS) is 28.9. The van der Waals surface area contributed by atoms with Crippen molar-refractivity contribution in [3.63, 3.8) is 0 Å². The van der Waals surface area contributed by atoms with Crippen LogP contribution in [0.1, 0.15) is 44.7 Å². The van der Waals surface area contributed by atoms with E-state index in [4.69, 9.17) is 0 Å². The van der Waals surface area contributed by atoms with Crippen molar-refractivity contribution in [1.82, 2.24) is 0 Å². The molecule has 2 bridgehead atoms. The number of ketones is 1. The fourth-order valence-corrected chi connectivity index (χ4v) is 5.77.